The molecule has 132 valence electrons. The maximum Gasteiger partial charge on any atom is 0.262 e. The Morgan fingerprint density at radius 2 is 1.88 bits per heavy atom. The van der Waals surface area contributed by atoms with Gasteiger partial charge in [-0.15, -0.1) is 0 Å². The van der Waals surface area contributed by atoms with Gasteiger partial charge in [-0.3, -0.25) is 9.59 Å². The number of nitrogens with zero attached hydrogens (tertiary/aromatic N) is 1. The lowest BCUT2D eigenvalue weighted by molar-refractivity contribution is -0.118. The van der Waals surface area contributed by atoms with Crippen LogP contribution in [0.4, 0.5) is 14.5 Å². The first-order valence-electron chi connectivity index (χ1n) is 7.17. The second kappa shape index (κ2) is 7.94. The van der Waals surface area contributed by atoms with Gasteiger partial charge in [0.1, 0.15) is 5.82 Å². The van der Waals surface area contributed by atoms with Crippen LogP contribution in [0.1, 0.15) is 10.4 Å². The van der Waals surface area contributed by atoms with Crippen LogP contribution in [-0.4, -0.2) is 37.4 Å². The van der Waals surface area contributed by atoms with Crippen molar-refractivity contribution in [3.8, 4) is 5.75 Å². The van der Waals surface area contributed by atoms with Gasteiger partial charge in [0, 0.05) is 25.7 Å². The topological polar surface area (TPSA) is 58.6 Å². The summed E-state index contributed by atoms with van der Waals surface area (Å²) in [4.78, 5) is 25.3. The molecule has 5 nitrogen and oxygen atoms in total. The smallest absolute Gasteiger partial charge is 0.262 e. The van der Waals surface area contributed by atoms with Gasteiger partial charge in [0.2, 0.25) is 0 Å². The van der Waals surface area contributed by atoms with Crippen molar-refractivity contribution in [3.63, 3.8) is 0 Å². The Hall–Kier alpha value is -2.67. The van der Waals surface area contributed by atoms with Crippen molar-refractivity contribution in [1.29, 1.82) is 0 Å². The number of halogens is 3. The molecule has 8 heteroatoms. The van der Waals surface area contributed by atoms with Crippen LogP contribution in [0.3, 0.4) is 0 Å². The molecule has 0 aliphatic carbocycles. The molecule has 2 aromatic carbocycles. The second-order valence-electron chi connectivity index (χ2n) is 5.31. The summed E-state index contributed by atoms with van der Waals surface area (Å²) in [6.07, 6.45) is 0. The zero-order valence-electron chi connectivity index (χ0n) is 13.5. The third-order valence-corrected chi connectivity index (χ3v) is 3.48. The standard InChI is InChI=1S/C17H15ClF2N2O3/c1-22(2)17(24)10-3-5-12(18)14(7-10)21-16(23)9-25-15-6-4-11(19)8-13(15)20/h3-8H,9H2,1-2H3,(H,21,23). The van der Waals surface area contributed by atoms with E-state index in [1.54, 1.807) is 14.1 Å². The summed E-state index contributed by atoms with van der Waals surface area (Å²) in [5.74, 6) is -2.77. The molecule has 25 heavy (non-hydrogen) atoms. The molecule has 0 aliphatic rings. The highest BCUT2D eigenvalue weighted by Gasteiger charge is 2.13. The molecule has 2 amide bonds. The van der Waals surface area contributed by atoms with E-state index in [2.05, 4.69) is 5.32 Å². The van der Waals surface area contributed by atoms with E-state index in [4.69, 9.17) is 16.3 Å². The van der Waals surface area contributed by atoms with E-state index in [1.807, 2.05) is 0 Å². The van der Waals surface area contributed by atoms with E-state index in [9.17, 15) is 18.4 Å². The maximum atomic E-state index is 13.4. The molecule has 0 aliphatic heterocycles. The second-order valence-corrected chi connectivity index (χ2v) is 5.71. The summed E-state index contributed by atoms with van der Waals surface area (Å²) in [6, 6.07) is 7.20. The predicted octanol–water partition coefficient (Wildman–Crippen LogP) is 3.34. The van der Waals surface area contributed by atoms with Crippen molar-refractivity contribution >= 4 is 29.1 Å². The Morgan fingerprint density at radius 1 is 1.16 bits per heavy atom. The van der Waals surface area contributed by atoms with E-state index in [-0.39, 0.29) is 22.4 Å². The van der Waals surface area contributed by atoms with Gasteiger partial charge < -0.3 is 15.0 Å². The van der Waals surface area contributed by atoms with Gasteiger partial charge in [0.05, 0.1) is 10.7 Å². The summed E-state index contributed by atoms with van der Waals surface area (Å²) < 4.78 is 31.3. The van der Waals surface area contributed by atoms with Crippen molar-refractivity contribution in [1.82, 2.24) is 4.90 Å². The van der Waals surface area contributed by atoms with Crippen LogP contribution >= 0.6 is 11.6 Å². The highest BCUT2D eigenvalue weighted by molar-refractivity contribution is 6.33. The monoisotopic (exact) mass is 368 g/mol. The molecule has 0 bridgehead atoms. The summed E-state index contributed by atoms with van der Waals surface area (Å²) in [5, 5.41) is 2.72. The Kier molecular flexibility index (Phi) is 5.93. The number of amides is 2. The number of nitrogens with one attached hydrogen (secondary N) is 1. The van der Waals surface area contributed by atoms with Crippen LogP contribution in [0, 0.1) is 11.6 Å². The van der Waals surface area contributed by atoms with Gasteiger partial charge in [0.25, 0.3) is 11.8 Å². The molecule has 0 saturated carbocycles. The number of carbonyl (C=O) groups is 2. The Morgan fingerprint density at radius 3 is 2.52 bits per heavy atom. The number of ether oxygens (including phenoxy) is 1. The number of hydrogen-bond acceptors (Lipinski definition) is 3. The summed E-state index contributed by atoms with van der Waals surface area (Å²) >= 11 is 6.00. The maximum absolute atomic E-state index is 13.4. The molecule has 1 N–H and O–H groups in total. The Labute approximate surface area is 148 Å². The van der Waals surface area contributed by atoms with Gasteiger partial charge >= 0.3 is 0 Å². The molecule has 2 aromatic rings. The molecule has 0 aromatic heterocycles. The van der Waals surface area contributed by atoms with Crippen LogP contribution in [0.2, 0.25) is 5.02 Å². The number of carbonyl (C=O) groups excluding carboxylic acids is 2. The van der Waals surface area contributed by atoms with E-state index in [1.165, 1.54) is 23.1 Å². The van der Waals surface area contributed by atoms with Crippen LogP contribution in [0.15, 0.2) is 36.4 Å². The van der Waals surface area contributed by atoms with E-state index in [0.29, 0.717) is 11.6 Å². The molecule has 0 radical (unpaired) electrons. The van der Waals surface area contributed by atoms with Crippen molar-refractivity contribution in [2.75, 3.05) is 26.0 Å². The minimum atomic E-state index is -0.913. The number of hydrogen-bond donors (Lipinski definition) is 1. The number of rotatable bonds is 5. The number of anilines is 1. The van der Waals surface area contributed by atoms with Crippen LogP contribution in [0.5, 0.6) is 5.75 Å². The van der Waals surface area contributed by atoms with E-state index < -0.39 is 24.1 Å². The molecule has 0 saturated heterocycles. The Bertz CT molecular complexity index is 812. The first kappa shape index (κ1) is 18.7. The van der Waals surface area contributed by atoms with Gasteiger partial charge in [0.15, 0.2) is 18.2 Å². The third-order valence-electron chi connectivity index (χ3n) is 3.15. The van der Waals surface area contributed by atoms with E-state index in [0.717, 1.165) is 12.1 Å². The Balaban J connectivity index is 2.05. The first-order valence-corrected chi connectivity index (χ1v) is 7.54. The van der Waals surface area contributed by atoms with Crippen molar-refractivity contribution < 1.29 is 23.1 Å². The lowest BCUT2D eigenvalue weighted by Gasteiger charge is -2.13. The highest BCUT2D eigenvalue weighted by atomic mass is 35.5. The lowest BCUT2D eigenvalue weighted by Crippen LogP contribution is -2.23. The molecule has 0 heterocycles. The summed E-state index contributed by atoms with van der Waals surface area (Å²) in [7, 11) is 3.19. The fraction of sp³-hybridized carbons (Fsp3) is 0.176. The van der Waals surface area contributed by atoms with Crippen molar-refractivity contribution in [2.24, 2.45) is 0 Å². The molecule has 0 atom stereocenters. The van der Waals surface area contributed by atoms with Crippen LogP contribution < -0.4 is 10.1 Å². The molecule has 2 rings (SSSR count). The summed E-state index contributed by atoms with van der Waals surface area (Å²) in [5.41, 5.74) is 0.567. The molecule has 0 spiro atoms. The van der Waals surface area contributed by atoms with Gasteiger partial charge in [-0.25, -0.2) is 8.78 Å². The minimum absolute atomic E-state index is 0.225. The number of benzene rings is 2. The van der Waals surface area contributed by atoms with Gasteiger partial charge in [-0.1, -0.05) is 11.6 Å². The minimum Gasteiger partial charge on any atom is -0.481 e. The van der Waals surface area contributed by atoms with Gasteiger partial charge in [-0.2, -0.15) is 0 Å². The molecule has 0 unspecified atom stereocenters. The molecular weight excluding hydrogens is 354 g/mol. The third kappa shape index (κ3) is 4.90. The average molecular weight is 369 g/mol. The lowest BCUT2D eigenvalue weighted by atomic mass is 10.2. The van der Waals surface area contributed by atoms with Crippen LogP contribution in [-0.2, 0) is 4.79 Å². The summed E-state index contributed by atoms with van der Waals surface area (Å²) in [6.45, 7) is -0.509. The van der Waals surface area contributed by atoms with E-state index >= 15 is 0 Å². The highest BCUT2D eigenvalue weighted by Crippen LogP contribution is 2.24. The largest absolute Gasteiger partial charge is 0.481 e. The fourth-order valence-electron chi connectivity index (χ4n) is 1.93. The zero-order valence-corrected chi connectivity index (χ0v) is 14.2. The SMILES string of the molecule is CN(C)C(=O)c1ccc(Cl)c(NC(=O)COc2ccc(F)cc2F)c1. The first-order chi connectivity index (χ1) is 11.8. The molecular formula is C17H15ClF2N2O3. The van der Waals surface area contributed by atoms with Gasteiger partial charge in [-0.05, 0) is 30.3 Å². The molecule has 0 fully saturated rings. The van der Waals surface area contributed by atoms with Crippen LogP contribution in [0.25, 0.3) is 0 Å². The van der Waals surface area contributed by atoms with Crippen molar-refractivity contribution in [2.45, 2.75) is 0 Å². The predicted molar refractivity (Wildman–Crippen MR) is 90.0 cm³/mol. The fourth-order valence-corrected chi connectivity index (χ4v) is 2.10. The quantitative estimate of drug-likeness (QED) is 0.880. The zero-order chi connectivity index (χ0) is 18.6. The van der Waals surface area contributed by atoms with Crippen molar-refractivity contribution in [3.05, 3.63) is 58.6 Å². The normalized spacial score (nSPS) is 10.3. The average Bonchev–Trinajstić information content (AvgIpc) is 2.55.